The molecule has 0 spiro atoms. The number of hydrogen-bond acceptors (Lipinski definition) is 3. The van der Waals surface area contributed by atoms with Crippen LogP contribution in [0, 0.1) is 0 Å². The van der Waals surface area contributed by atoms with Gasteiger partial charge in [-0.15, -0.1) is 0 Å². The molecule has 6 heteroatoms. The Bertz CT molecular complexity index is 506. The van der Waals surface area contributed by atoms with Crippen molar-refractivity contribution in [1.29, 1.82) is 0 Å². The topological polar surface area (TPSA) is 57.7 Å². The molecule has 0 aliphatic heterocycles. The quantitative estimate of drug-likeness (QED) is 0.803. The van der Waals surface area contributed by atoms with E-state index in [0.717, 1.165) is 10.6 Å². The minimum atomic E-state index is -3.27. The van der Waals surface area contributed by atoms with Crippen molar-refractivity contribution >= 4 is 21.6 Å². The van der Waals surface area contributed by atoms with Crippen LogP contribution in [0.2, 0.25) is 0 Å². The fraction of sp³-hybridized carbons (Fsp3) is 0.364. The molecule has 94 valence electrons. The molecular formula is C11H16N2O3S. The molecule has 1 rings (SSSR count). The van der Waals surface area contributed by atoms with Gasteiger partial charge in [0.25, 0.3) is 5.91 Å². The van der Waals surface area contributed by atoms with E-state index in [-0.39, 0.29) is 5.91 Å². The van der Waals surface area contributed by atoms with Crippen LogP contribution in [-0.4, -0.2) is 46.6 Å². The van der Waals surface area contributed by atoms with Crippen molar-refractivity contribution in [2.45, 2.75) is 0 Å². The largest absolute Gasteiger partial charge is 0.345 e. The zero-order valence-corrected chi connectivity index (χ0v) is 11.2. The summed E-state index contributed by atoms with van der Waals surface area (Å²) in [5.41, 5.74) is 1.06. The van der Waals surface area contributed by atoms with Gasteiger partial charge in [-0.2, -0.15) is 0 Å². The molecule has 0 saturated carbocycles. The van der Waals surface area contributed by atoms with Crippen LogP contribution in [0.1, 0.15) is 10.4 Å². The zero-order chi connectivity index (χ0) is 13.2. The van der Waals surface area contributed by atoms with Crippen molar-refractivity contribution in [3.05, 3.63) is 29.8 Å². The molecule has 0 atom stereocenters. The molecule has 5 nitrogen and oxygen atoms in total. The minimum absolute atomic E-state index is 0.112. The fourth-order valence-corrected chi connectivity index (χ4v) is 1.77. The lowest BCUT2D eigenvalue weighted by Crippen LogP contribution is -2.25. The molecule has 0 N–H and O–H groups in total. The molecule has 0 heterocycles. The number of anilines is 1. The van der Waals surface area contributed by atoms with E-state index in [9.17, 15) is 13.2 Å². The van der Waals surface area contributed by atoms with Gasteiger partial charge in [0, 0.05) is 26.7 Å². The van der Waals surface area contributed by atoms with Crippen LogP contribution in [0.4, 0.5) is 5.69 Å². The van der Waals surface area contributed by atoms with Crippen LogP contribution in [0.25, 0.3) is 0 Å². The highest BCUT2D eigenvalue weighted by molar-refractivity contribution is 7.92. The number of hydrogen-bond donors (Lipinski definition) is 0. The third kappa shape index (κ3) is 3.20. The molecule has 0 fully saturated rings. The van der Waals surface area contributed by atoms with Crippen molar-refractivity contribution in [3.63, 3.8) is 0 Å². The smallest absolute Gasteiger partial charge is 0.253 e. The van der Waals surface area contributed by atoms with E-state index >= 15 is 0 Å². The van der Waals surface area contributed by atoms with Gasteiger partial charge in [-0.25, -0.2) is 8.42 Å². The average molecular weight is 256 g/mol. The molecule has 0 bridgehead atoms. The van der Waals surface area contributed by atoms with Crippen LogP contribution >= 0.6 is 0 Å². The number of nitrogens with zero attached hydrogens (tertiary/aromatic N) is 2. The van der Waals surface area contributed by atoms with Gasteiger partial charge in [-0.1, -0.05) is 0 Å². The molecular weight excluding hydrogens is 240 g/mol. The van der Waals surface area contributed by atoms with E-state index in [1.165, 1.54) is 11.9 Å². The Morgan fingerprint density at radius 3 is 1.88 bits per heavy atom. The first-order chi connectivity index (χ1) is 7.73. The molecule has 0 saturated heterocycles. The number of benzene rings is 1. The third-order valence-electron chi connectivity index (χ3n) is 2.38. The molecule has 0 unspecified atom stereocenters. The summed E-state index contributed by atoms with van der Waals surface area (Å²) in [4.78, 5) is 13.1. The molecule has 0 aliphatic rings. The van der Waals surface area contributed by atoms with Gasteiger partial charge in [-0.3, -0.25) is 9.10 Å². The third-order valence-corrected chi connectivity index (χ3v) is 3.59. The Morgan fingerprint density at radius 1 is 1.06 bits per heavy atom. The predicted octanol–water partition coefficient (Wildman–Crippen LogP) is 0.784. The first-order valence-corrected chi connectivity index (χ1v) is 6.84. The summed E-state index contributed by atoms with van der Waals surface area (Å²) in [5.74, 6) is -0.112. The molecule has 0 aromatic heterocycles. The summed E-state index contributed by atoms with van der Waals surface area (Å²) in [6, 6.07) is 6.44. The molecule has 1 amide bonds. The number of sulfonamides is 1. The Balaban J connectivity index is 3.01. The maximum atomic E-state index is 11.6. The molecule has 1 aromatic rings. The molecule has 0 radical (unpaired) electrons. The van der Waals surface area contributed by atoms with Crippen molar-refractivity contribution in [3.8, 4) is 0 Å². The van der Waals surface area contributed by atoms with Gasteiger partial charge >= 0.3 is 0 Å². The number of amides is 1. The maximum Gasteiger partial charge on any atom is 0.253 e. The highest BCUT2D eigenvalue weighted by Crippen LogP contribution is 2.16. The first kappa shape index (κ1) is 13.5. The van der Waals surface area contributed by atoms with E-state index in [2.05, 4.69) is 0 Å². The van der Waals surface area contributed by atoms with E-state index < -0.39 is 10.0 Å². The van der Waals surface area contributed by atoms with Crippen LogP contribution in [0.5, 0.6) is 0 Å². The fourth-order valence-electron chi connectivity index (χ4n) is 1.26. The predicted molar refractivity (Wildman–Crippen MR) is 67.7 cm³/mol. The van der Waals surface area contributed by atoms with Crippen molar-refractivity contribution in [1.82, 2.24) is 4.90 Å². The Labute approximate surface area is 102 Å². The van der Waals surface area contributed by atoms with E-state index in [1.54, 1.807) is 38.4 Å². The summed E-state index contributed by atoms with van der Waals surface area (Å²) >= 11 is 0. The van der Waals surface area contributed by atoms with E-state index in [4.69, 9.17) is 0 Å². The average Bonchev–Trinajstić information content (AvgIpc) is 2.26. The molecule has 17 heavy (non-hydrogen) atoms. The number of carbonyl (C=O) groups is 1. The number of rotatable bonds is 3. The van der Waals surface area contributed by atoms with E-state index in [1.807, 2.05) is 0 Å². The molecule has 0 aliphatic carbocycles. The Morgan fingerprint density at radius 2 is 1.53 bits per heavy atom. The van der Waals surface area contributed by atoms with Gasteiger partial charge in [0.15, 0.2) is 0 Å². The van der Waals surface area contributed by atoms with Crippen LogP contribution in [0.3, 0.4) is 0 Å². The van der Waals surface area contributed by atoms with Crippen molar-refractivity contribution in [2.75, 3.05) is 31.7 Å². The van der Waals surface area contributed by atoms with Crippen LogP contribution < -0.4 is 4.31 Å². The lowest BCUT2D eigenvalue weighted by molar-refractivity contribution is 0.0827. The summed E-state index contributed by atoms with van der Waals surface area (Å²) in [6.45, 7) is 0. The van der Waals surface area contributed by atoms with E-state index in [0.29, 0.717) is 11.3 Å². The lowest BCUT2D eigenvalue weighted by atomic mass is 10.2. The second-order valence-electron chi connectivity index (χ2n) is 3.98. The zero-order valence-electron chi connectivity index (χ0n) is 10.3. The Hall–Kier alpha value is -1.56. The minimum Gasteiger partial charge on any atom is -0.345 e. The maximum absolute atomic E-state index is 11.6. The standard InChI is InChI=1S/C11H16N2O3S/c1-12(2)11(14)9-5-7-10(8-6-9)13(3)17(4,15)16/h5-8H,1-4H3. The van der Waals surface area contributed by atoms with Gasteiger partial charge in [0.05, 0.1) is 11.9 Å². The van der Waals surface area contributed by atoms with Gasteiger partial charge in [0.2, 0.25) is 10.0 Å². The SMILES string of the molecule is CN(C)C(=O)c1ccc(N(C)S(C)(=O)=O)cc1. The first-order valence-electron chi connectivity index (χ1n) is 4.99. The molecule has 1 aromatic carbocycles. The van der Waals surface area contributed by atoms with Gasteiger partial charge in [0.1, 0.15) is 0 Å². The summed E-state index contributed by atoms with van der Waals surface area (Å²) in [5, 5.41) is 0. The summed E-state index contributed by atoms with van der Waals surface area (Å²) < 4.78 is 23.8. The monoisotopic (exact) mass is 256 g/mol. The summed E-state index contributed by atoms with van der Waals surface area (Å²) in [6.07, 6.45) is 1.13. The highest BCUT2D eigenvalue weighted by atomic mass is 32.2. The Kier molecular flexibility index (Phi) is 3.77. The summed E-state index contributed by atoms with van der Waals surface area (Å²) in [7, 11) is 1.53. The van der Waals surface area contributed by atoms with Gasteiger partial charge < -0.3 is 4.90 Å². The van der Waals surface area contributed by atoms with Crippen LogP contribution in [0.15, 0.2) is 24.3 Å². The lowest BCUT2D eigenvalue weighted by Gasteiger charge is -2.17. The number of carbonyl (C=O) groups excluding carboxylic acids is 1. The van der Waals surface area contributed by atoms with Crippen molar-refractivity contribution in [2.24, 2.45) is 0 Å². The normalized spacial score (nSPS) is 11.1. The van der Waals surface area contributed by atoms with Gasteiger partial charge in [-0.05, 0) is 24.3 Å². The van der Waals surface area contributed by atoms with Crippen molar-refractivity contribution < 1.29 is 13.2 Å². The highest BCUT2D eigenvalue weighted by Gasteiger charge is 2.13. The van der Waals surface area contributed by atoms with Crippen LogP contribution in [-0.2, 0) is 10.0 Å². The second-order valence-corrected chi connectivity index (χ2v) is 5.99. The second kappa shape index (κ2) is 4.75.